The van der Waals surface area contributed by atoms with Crippen LogP contribution in [0.25, 0.3) is 0 Å². The minimum atomic E-state index is -0.835. The maximum Gasteiger partial charge on any atom is 0.265 e. The van der Waals surface area contributed by atoms with Crippen LogP contribution in [0.15, 0.2) is 50.4 Å². The van der Waals surface area contributed by atoms with E-state index in [4.69, 9.17) is 9.47 Å². The average molecular weight is 513 g/mol. The van der Waals surface area contributed by atoms with Crippen LogP contribution in [0.4, 0.5) is 0 Å². The molecular weight excluding hydrogens is 498 g/mol. The zero-order valence-corrected chi connectivity index (χ0v) is 17.5. The number of amides is 2. The monoisotopic (exact) mass is 511 g/mol. The van der Waals surface area contributed by atoms with Crippen LogP contribution in [0.5, 0.6) is 17.2 Å². The SMILES string of the molecule is O=C(CNC(=O)[C@H]1COc2ccccc2O1)N/N=C\c1cc(Br)c(O)c(Br)c1. The van der Waals surface area contributed by atoms with Crippen molar-refractivity contribution in [2.24, 2.45) is 5.10 Å². The number of hydrazone groups is 1. The molecule has 3 N–H and O–H groups in total. The van der Waals surface area contributed by atoms with Crippen molar-refractivity contribution >= 4 is 49.9 Å². The molecular formula is C18H15Br2N3O5. The number of hydrogen-bond acceptors (Lipinski definition) is 6. The summed E-state index contributed by atoms with van der Waals surface area (Å²) in [5.74, 6) is 0.166. The largest absolute Gasteiger partial charge is 0.506 e. The Kier molecular flexibility index (Phi) is 6.53. The quantitative estimate of drug-likeness (QED) is 0.421. The van der Waals surface area contributed by atoms with Crippen LogP contribution in [-0.2, 0) is 9.59 Å². The number of nitrogens with one attached hydrogen (secondary N) is 2. The number of aromatic hydroxyl groups is 1. The van der Waals surface area contributed by atoms with Gasteiger partial charge >= 0.3 is 0 Å². The van der Waals surface area contributed by atoms with Crippen LogP contribution in [0.3, 0.4) is 0 Å². The number of benzene rings is 2. The first-order chi connectivity index (χ1) is 13.4. The molecule has 0 radical (unpaired) electrons. The minimum Gasteiger partial charge on any atom is -0.506 e. The van der Waals surface area contributed by atoms with Gasteiger partial charge in [-0.3, -0.25) is 9.59 Å². The van der Waals surface area contributed by atoms with E-state index < -0.39 is 17.9 Å². The van der Waals surface area contributed by atoms with E-state index in [1.807, 2.05) is 6.07 Å². The molecule has 1 atom stereocenters. The lowest BCUT2D eigenvalue weighted by Gasteiger charge is -2.25. The summed E-state index contributed by atoms with van der Waals surface area (Å²) in [6.07, 6.45) is 0.571. The number of hydrogen-bond donors (Lipinski definition) is 3. The van der Waals surface area contributed by atoms with E-state index in [-0.39, 0.29) is 18.9 Å². The molecule has 10 heteroatoms. The van der Waals surface area contributed by atoms with Crippen molar-refractivity contribution in [1.82, 2.24) is 10.7 Å². The summed E-state index contributed by atoms with van der Waals surface area (Å²) in [6.45, 7) is -0.201. The second kappa shape index (κ2) is 9.07. The van der Waals surface area contributed by atoms with E-state index in [0.29, 0.717) is 26.0 Å². The van der Waals surface area contributed by atoms with Gasteiger partial charge in [-0.1, -0.05) is 12.1 Å². The van der Waals surface area contributed by atoms with Crippen LogP contribution in [0, 0.1) is 0 Å². The highest BCUT2D eigenvalue weighted by molar-refractivity contribution is 9.11. The fourth-order valence-corrected chi connectivity index (χ4v) is 3.53. The number of carbonyl (C=O) groups excluding carboxylic acids is 2. The number of halogens is 2. The molecule has 0 aliphatic carbocycles. The second-order valence-electron chi connectivity index (χ2n) is 5.71. The highest BCUT2D eigenvalue weighted by Crippen LogP contribution is 2.33. The zero-order valence-electron chi connectivity index (χ0n) is 14.3. The van der Waals surface area contributed by atoms with Gasteiger partial charge in [-0.2, -0.15) is 5.10 Å². The number of phenolic OH excluding ortho intramolecular Hbond substituents is 1. The molecule has 28 heavy (non-hydrogen) atoms. The zero-order chi connectivity index (χ0) is 20.1. The lowest BCUT2D eigenvalue weighted by atomic mass is 10.2. The molecule has 0 bridgehead atoms. The topological polar surface area (TPSA) is 109 Å². The fourth-order valence-electron chi connectivity index (χ4n) is 2.31. The summed E-state index contributed by atoms with van der Waals surface area (Å²) in [5.41, 5.74) is 2.95. The second-order valence-corrected chi connectivity index (χ2v) is 7.42. The molecule has 0 fully saturated rings. The van der Waals surface area contributed by atoms with Crippen molar-refractivity contribution in [1.29, 1.82) is 0 Å². The number of carbonyl (C=O) groups is 2. The van der Waals surface area contributed by atoms with E-state index in [1.165, 1.54) is 6.21 Å². The smallest absolute Gasteiger partial charge is 0.265 e. The molecule has 0 spiro atoms. The number of fused-ring (bicyclic) bond motifs is 1. The van der Waals surface area contributed by atoms with Gasteiger partial charge < -0.3 is 19.9 Å². The molecule has 2 amide bonds. The molecule has 8 nitrogen and oxygen atoms in total. The van der Waals surface area contributed by atoms with Gasteiger partial charge in [-0.05, 0) is 61.7 Å². The Bertz CT molecular complexity index is 912. The first kappa shape index (κ1) is 20.2. The van der Waals surface area contributed by atoms with Crippen molar-refractivity contribution in [3.8, 4) is 17.2 Å². The van der Waals surface area contributed by atoms with E-state index in [1.54, 1.807) is 30.3 Å². The van der Waals surface area contributed by atoms with Gasteiger partial charge in [-0.15, -0.1) is 0 Å². The van der Waals surface area contributed by atoms with Gasteiger partial charge in [0.1, 0.15) is 12.4 Å². The third kappa shape index (κ3) is 5.02. The normalized spacial score (nSPS) is 15.3. The van der Waals surface area contributed by atoms with Gasteiger partial charge in [0.25, 0.3) is 11.8 Å². The van der Waals surface area contributed by atoms with Crippen LogP contribution in [0.1, 0.15) is 5.56 Å². The van der Waals surface area contributed by atoms with E-state index in [0.717, 1.165) is 0 Å². The lowest BCUT2D eigenvalue weighted by molar-refractivity contribution is -0.132. The predicted molar refractivity (Wildman–Crippen MR) is 109 cm³/mol. The number of rotatable bonds is 5. The Morgan fingerprint density at radius 2 is 1.89 bits per heavy atom. The Labute approximate surface area is 177 Å². The first-order valence-electron chi connectivity index (χ1n) is 8.10. The van der Waals surface area contributed by atoms with E-state index in [9.17, 15) is 14.7 Å². The molecule has 0 saturated heterocycles. The van der Waals surface area contributed by atoms with Gasteiger partial charge in [0.05, 0.1) is 21.7 Å². The van der Waals surface area contributed by atoms with Crippen molar-refractivity contribution < 1.29 is 24.2 Å². The molecule has 146 valence electrons. The Morgan fingerprint density at radius 1 is 1.21 bits per heavy atom. The number of para-hydroxylation sites is 2. The molecule has 1 aliphatic rings. The van der Waals surface area contributed by atoms with Gasteiger partial charge in [0.15, 0.2) is 11.5 Å². The molecule has 3 rings (SSSR count). The third-order valence-corrected chi connectivity index (χ3v) is 4.88. The predicted octanol–water partition coefficient (Wildman–Crippen LogP) is 2.32. The van der Waals surface area contributed by atoms with Gasteiger partial charge in [0, 0.05) is 0 Å². The van der Waals surface area contributed by atoms with Gasteiger partial charge in [0.2, 0.25) is 6.10 Å². The Balaban J connectivity index is 1.46. The number of ether oxygens (including phenoxy) is 2. The van der Waals surface area contributed by atoms with Crippen molar-refractivity contribution in [3.05, 3.63) is 50.9 Å². The molecule has 1 heterocycles. The summed E-state index contributed by atoms with van der Waals surface area (Å²) >= 11 is 6.42. The van der Waals surface area contributed by atoms with Crippen molar-refractivity contribution in [2.45, 2.75) is 6.10 Å². The van der Waals surface area contributed by atoms with Crippen LogP contribution >= 0.6 is 31.9 Å². The standard InChI is InChI=1S/C18H15Br2N3O5/c19-11-5-10(6-12(20)17(11)25)7-22-23-16(24)8-21-18(26)15-9-27-13-3-1-2-4-14(13)28-15/h1-7,15,25H,8-9H2,(H,21,26)(H,23,24)/b22-7-/t15-/m1/s1. The highest BCUT2D eigenvalue weighted by atomic mass is 79.9. The summed E-state index contributed by atoms with van der Waals surface area (Å²) in [7, 11) is 0. The van der Waals surface area contributed by atoms with Crippen molar-refractivity contribution in [3.63, 3.8) is 0 Å². The summed E-state index contributed by atoms with van der Waals surface area (Å²) in [5, 5.41) is 16.0. The fraction of sp³-hybridized carbons (Fsp3) is 0.167. The number of nitrogens with zero attached hydrogens (tertiary/aromatic N) is 1. The first-order valence-corrected chi connectivity index (χ1v) is 9.69. The van der Waals surface area contributed by atoms with E-state index >= 15 is 0 Å². The summed E-state index contributed by atoms with van der Waals surface area (Å²) < 4.78 is 12.0. The molecule has 0 unspecified atom stereocenters. The third-order valence-electron chi connectivity index (χ3n) is 3.67. The molecule has 2 aromatic rings. The van der Waals surface area contributed by atoms with Crippen LogP contribution in [-0.4, -0.2) is 42.4 Å². The Hall–Kier alpha value is -2.59. The minimum absolute atomic E-state index is 0.0627. The van der Waals surface area contributed by atoms with Gasteiger partial charge in [-0.25, -0.2) is 5.43 Å². The average Bonchev–Trinajstić information content (AvgIpc) is 2.69. The Morgan fingerprint density at radius 3 is 2.61 bits per heavy atom. The van der Waals surface area contributed by atoms with Crippen molar-refractivity contribution in [2.75, 3.05) is 13.2 Å². The maximum atomic E-state index is 12.1. The highest BCUT2D eigenvalue weighted by Gasteiger charge is 2.27. The molecule has 2 aromatic carbocycles. The summed E-state index contributed by atoms with van der Waals surface area (Å²) in [4.78, 5) is 24.0. The maximum absolute atomic E-state index is 12.1. The van der Waals surface area contributed by atoms with E-state index in [2.05, 4.69) is 47.7 Å². The van der Waals surface area contributed by atoms with Crippen LogP contribution < -0.4 is 20.2 Å². The summed E-state index contributed by atoms with van der Waals surface area (Å²) in [6, 6.07) is 10.3. The van der Waals surface area contributed by atoms with Crippen LogP contribution in [0.2, 0.25) is 0 Å². The molecule has 0 saturated carbocycles. The molecule has 1 aliphatic heterocycles. The molecule has 0 aromatic heterocycles. The number of phenols is 1. The lowest BCUT2D eigenvalue weighted by Crippen LogP contribution is -2.46.